The number of hydrogen-bond acceptors (Lipinski definition) is 4. The maximum Gasteiger partial charge on any atom is 0.490 e. The molecule has 0 atom stereocenters. The van der Waals surface area contributed by atoms with E-state index in [2.05, 4.69) is 10.3 Å². The number of nitrogens with zero attached hydrogens (tertiary/aromatic N) is 1. The summed E-state index contributed by atoms with van der Waals surface area (Å²) < 4.78 is 0. The van der Waals surface area contributed by atoms with E-state index in [0.29, 0.717) is 5.69 Å². The second-order valence-electron chi connectivity index (χ2n) is 2.56. The lowest BCUT2D eigenvalue weighted by atomic mass is 9.81. The largest absolute Gasteiger partial charge is 0.490 e. The van der Waals surface area contributed by atoms with Gasteiger partial charge in [-0.1, -0.05) is 0 Å². The SMILES string of the molecule is CC(=O)Nc1cncc(B(O)O)c1. The van der Waals surface area contributed by atoms with Crippen LogP contribution in [-0.2, 0) is 4.79 Å². The van der Waals surface area contributed by atoms with Gasteiger partial charge in [-0.05, 0) is 6.07 Å². The molecule has 5 nitrogen and oxygen atoms in total. The van der Waals surface area contributed by atoms with Crippen molar-refractivity contribution in [3.05, 3.63) is 18.5 Å². The van der Waals surface area contributed by atoms with Gasteiger partial charge in [0.1, 0.15) is 0 Å². The first-order chi connectivity index (χ1) is 6.09. The van der Waals surface area contributed by atoms with Crippen LogP contribution in [0.2, 0.25) is 0 Å². The molecule has 3 N–H and O–H groups in total. The van der Waals surface area contributed by atoms with Crippen LogP contribution in [0.15, 0.2) is 18.5 Å². The van der Waals surface area contributed by atoms with E-state index < -0.39 is 7.12 Å². The number of aromatic nitrogens is 1. The molecule has 0 aliphatic heterocycles. The maximum atomic E-state index is 10.6. The number of rotatable bonds is 2. The van der Waals surface area contributed by atoms with Crippen molar-refractivity contribution in [2.45, 2.75) is 6.92 Å². The molecule has 0 aliphatic rings. The van der Waals surface area contributed by atoms with Crippen LogP contribution < -0.4 is 10.8 Å². The summed E-state index contributed by atoms with van der Waals surface area (Å²) in [5.41, 5.74) is 0.685. The van der Waals surface area contributed by atoms with Gasteiger partial charge in [0, 0.05) is 18.6 Å². The number of amides is 1. The molecule has 0 saturated heterocycles. The Morgan fingerprint density at radius 2 is 2.23 bits per heavy atom. The van der Waals surface area contributed by atoms with Crippen molar-refractivity contribution < 1.29 is 14.8 Å². The fraction of sp³-hybridized carbons (Fsp3) is 0.143. The van der Waals surface area contributed by atoms with Gasteiger partial charge in [0.25, 0.3) is 0 Å². The van der Waals surface area contributed by atoms with Crippen molar-refractivity contribution in [1.82, 2.24) is 4.98 Å². The molecule has 1 rings (SSSR count). The molecular weight excluding hydrogens is 171 g/mol. The smallest absolute Gasteiger partial charge is 0.423 e. The van der Waals surface area contributed by atoms with Crippen LogP contribution >= 0.6 is 0 Å². The Morgan fingerprint density at radius 1 is 1.54 bits per heavy atom. The molecular formula is C7H9BN2O3. The van der Waals surface area contributed by atoms with Crippen molar-refractivity contribution in [1.29, 1.82) is 0 Å². The normalized spacial score (nSPS) is 9.46. The van der Waals surface area contributed by atoms with E-state index in [4.69, 9.17) is 10.0 Å². The van der Waals surface area contributed by atoms with Gasteiger partial charge >= 0.3 is 7.12 Å². The maximum absolute atomic E-state index is 10.6. The minimum Gasteiger partial charge on any atom is -0.423 e. The first-order valence-electron chi connectivity index (χ1n) is 3.68. The average Bonchev–Trinajstić information content (AvgIpc) is 2.03. The van der Waals surface area contributed by atoms with E-state index in [0.717, 1.165) is 0 Å². The van der Waals surface area contributed by atoms with Crippen molar-refractivity contribution in [2.75, 3.05) is 5.32 Å². The fourth-order valence-electron chi connectivity index (χ4n) is 0.871. The third-order valence-electron chi connectivity index (χ3n) is 1.38. The van der Waals surface area contributed by atoms with Crippen molar-refractivity contribution in [3.63, 3.8) is 0 Å². The molecule has 0 saturated carbocycles. The Morgan fingerprint density at radius 3 is 2.77 bits per heavy atom. The first-order valence-corrected chi connectivity index (χ1v) is 3.68. The van der Waals surface area contributed by atoms with Crippen LogP contribution in [0.25, 0.3) is 0 Å². The molecule has 0 spiro atoms. The fourth-order valence-corrected chi connectivity index (χ4v) is 0.871. The zero-order chi connectivity index (χ0) is 9.84. The van der Waals surface area contributed by atoms with Gasteiger partial charge in [-0.3, -0.25) is 9.78 Å². The molecule has 0 aliphatic carbocycles. The Balaban J connectivity index is 2.85. The molecule has 0 unspecified atom stereocenters. The summed E-state index contributed by atoms with van der Waals surface area (Å²) in [5.74, 6) is -0.230. The van der Waals surface area contributed by atoms with Gasteiger partial charge < -0.3 is 15.4 Å². The highest BCUT2D eigenvalue weighted by molar-refractivity contribution is 6.58. The Kier molecular flexibility index (Phi) is 3.00. The molecule has 0 aromatic carbocycles. The lowest BCUT2D eigenvalue weighted by Gasteiger charge is -2.03. The molecule has 13 heavy (non-hydrogen) atoms. The molecule has 68 valence electrons. The van der Waals surface area contributed by atoms with Gasteiger partial charge in [-0.2, -0.15) is 0 Å². The van der Waals surface area contributed by atoms with Gasteiger partial charge in [-0.25, -0.2) is 0 Å². The lowest BCUT2D eigenvalue weighted by molar-refractivity contribution is -0.114. The summed E-state index contributed by atoms with van der Waals surface area (Å²) >= 11 is 0. The highest BCUT2D eigenvalue weighted by Crippen LogP contribution is 2.00. The van der Waals surface area contributed by atoms with Crippen LogP contribution in [-0.4, -0.2) is 28.1 Å². The molecule has 0 fully saturated rings. The van der Waals surface area contributed by atoms with E-state index in [-0.39, 0.29) is 11.4 Å². The monoisotopic (exact) mass is 180 g/mol. The summed E-state index contributed by atoms with van der Waals surface area (Å²) in [6.07, 6.45) is 2.74. The molecule has 6 heteroatoms. The Labute approximate surface area is 75.6 Å². The Bertz CT molecular complexity index is 316. The predicted molar refractivity (Wildman–Crippen MR) is 48.4 cm³/mol. The van der Waals surface area contributed by atoms with Crippen molar-refractivity contribution >= 4 is 24.2 Å². The van der Waals surface area contributed by atoms with Gasteiger partial charge in [-0.15, -0.1) is 0 Å². The topological polar surface area (TPSA) is 82.5 Å². The van der Waals surface area contributed by atoms with Gasteiger partial charge in [0.2, 0.25) is 5.91 Å². The molecule has 1 heterocycles. The molecule has 0 bridgehead atoms. The summed E-state index contributed by atoms with van der Waals surface area (Å²) in [7, 11) is -1.57. The molecule has 1 aromatic heterocycles. The first kappa shape index (κ1) is 9.69. The predicted octanol–water partition coefficient (Wildman–Crippen LogP) is -1.28. The van der Waals surface area contributed by atoms with Crippen LogP contribution in [0.3, 0.4) is 0 Å². The van der Waals surface area contributed by atoms with Crippen molar-refractivity contribution in [2.24, 2.45) is 0 Å². The summed E-state index contributed by atoms with van der Waals surface area (Å²) in [4.78, 5) is 14.4. The third-order valence-corrected chi connectivity index (χ3v) is 1.38. The molecule has 0 radical (unpaired) electrons. The zero-order valence-electron chi connectivity index (χ0n) is 7.06. The second kappa shape index (κ2) is 4.02. The number of nitrogens with one attached hydrogen (secondary N) is 1. The van der Waals surface area contributed by atoms with Crippen LogP contribution in [0, 0.1) is 0 Å². The zero-order valence-corrected chi connectivity index (χ0v) is 7.06. The average molecular weight is 180 g/mol. The van der Waals surface area contributed by atoms with Gasteiger partial charge in [0.05, 0.1) is 11.9 Å². The lowest BCUT2D eigenvalue weighted by Crippen LogP contribution is -2.30. The minimum absolute atomic E-state index is 0.230. The third kappa shape index (κ3) is 2.85. The second-order valence-corrected chi connectivity index (χ2v) is 2.56. The highest BCUT2D eigenvalue weighted by atomic mass is 16.4. The summed E-state index contributed by atoms with van der Waals surface area (Å²) in [6.45, 7) is 1.36. The summed E-state index contributed by atoms with van der Waals surface area (Å²) in [5, 5.41) is 20.0. The number of hydrogen-bond donors (Lipinski definition) is 3. The minimum atomic E-state index is -1.57. The number of carbonyl (C=O) groups excluding carboxylic acids is 1. The molecule has 1 aromatic rings. The molecule has 1 amide bonds. The summed E-state index contributed by atoms with van der Waals surface area (Å²) in [6, 6.07) is 1.44. The van der Waals surface area contributed by atoms with Crippen molar-refractivity contribution in [3.8, 4) is 0 Å². The van der Waals surface area contributed by atoms with Gasteiger partial charge in [0.15, 0.2) is 0 Å². The standard InChI is InChI=1S/C7H9BN2O3/c1-5(11)10-7-2-6(8(12)13)3-9-4-7/h2-4,12-13H,1H3,(H,10,11). The van der Waals surface area contributed by atoms with E-state index in [1.807, 2.05) is 0 Å². The number of anilines is 1. The van der Waals surface area contributed by atoms with Crippen LogP contribution in [0.4, 0.5) is 5.69 Å². The van der Waals surface area contributed by atoms with E-state index >= 15 is 0 Å². The number of pyridine rings is 1. The van der Waals surface area contributed by atoms with Crippen LogP contribution in [0.5, 0.6) is 0 Å². The number of carbonyl (C=O) groups is 1. The van der Waals surface area contributed by atoms with E-state index in [1.54, 1.807) is 0 Å². The van der Waals surface area contributed by atoms with Crippen LogP contribution in [0.1, 0.15) is 6.92 Å². The highest BCUT2D eigenvalue weighted by Gasteiger charge is 2.11. The van der Waals surface area contributed by atoms with E-state index in [9.17, 15) is 4.79 Å². The quantitative estimate of drug-likeness (QED) is 0.495. The Hall–Kier alpha value is -1.40. The van der Waals surface area contributed by atoms with E-state index in [1.165, 1.54) is 25.4 Å².